The fraction of sp³-hybridized carbons (Fsp3) is 0.353. The molecule has 138 valence electrons. The first-order chi connectivity index (χ1) is 12.5. The van der Waals surface area contributed by atoms with E-state index < -0.39 is 23.4 Å². The van der Waals surface area contributed by atoms with E-state index >= 15 is 0 Å². The molecule has 0 fully saturated rings. The Balaban J connectivity index is 2.01. The summed E-state index contributed by atoms with van der Waals surface area (Å²) >= 11 is 0. The van der Waals surface area contributed by atoms with E-state index in [1.807, 2.05) is 0 Å². The number of hydrogen-bond acceptors (Lipinski definition) is 6. The molecule has 3 rings (SSSR count). The summed E-state index contributed by atoms with van der Waals surface area (Å²) in [6.45, 7) is 2.04. The van der Waals surface area contributed by atoms with Gasteiger partial charge in [0.25, 0.3) is 5.56 Å². The Morgan fingerprint density at radius 1 is 1.27 bits per heavy atom. The van der Waals surface area contributed by atoms with E-state index in [1.54, 1.807) is 25.1 Å². The fourth-order valence-electron chi connectivity index (χ4n) is 2.99. The van der Waals surface area contributed by atoms with Crippen molar-refractivity contribution in [1.82, 2.24) is 10.2 Å². The Morgan fingerprint density at radius 3 is 2.77 bits per heavy atom. The van der Waals surface area contributed by atoms with Gasteiger partial charge in [-0.05, 0) is 24.6 Å². The molecule has 0 radical (unpaired) electrons. The average molecular weight is 361 g/mol. The van der Waals surface area contributed by atoms with Crippen LogP contribution in [0.5, 0.6) is 11.5 Å². The number of aromatic nitrogens is 2. The van der Waals surface area contributed by atoms with Gasteiger partial charge in [-0.25, -0.2) is 0 Å². The largest absolute Gasteiger partial charge is 0.466 e. The number of H-pyrrole nitrogens is 2. The van der Waals surface area contributed by atoms with Crippen LogP contribution in [-0.2, 0) is 20.7 Å². The molecule has 0 unspecified atom stereocenters. The van der Waals surface area contributed by atoms with Crippen LogP contribution in [0.3, 0.4) is 0 Å². The number of nitrogens with two attached hydrogens (primary N) is 1. The van der Waals surface area contributed by atoms with Crippen LogP contribution < -0.4 is 20.8 Å². The first-order valence-electron chi connectivity index (χ1n) is 8.12. The van der Waals surface area contributed by atoms with Crippen molar-refractivity contribution in [2.45, 2.75) is 25.7 Å². The number of esters is 1. The van der Waals surface area contributed by atoms with Crippen molar-refractivity contribution in [1.29, 1.82) is 0 Å². The van der Waals surface area contributed by atoms with Gasteiger partial charge < -0.3 is 25.0 Å². The summed E-state index contributed by atoms with van der Waals surface area (Å²) in [7, 11) is 0. The predicted octanol–water partition coefficient (Wildman–Crippen LogP) is 0.545. The summed E-state index contributed by atoms with van der Waals surface area (Å²) in [5.74, 6) is -0.582. The number of rotatable bonds is 7. The molecule has 1 aliphatic heterocycles. The third-order valence-electron chi connectivity index (χ3n) is 4.08. The topological polar surface area (TPSA) is 136 Å². The van der Waals surface area contributed by atoms with Crippen molar-refractivity contribution < 1.29 is 23.8 Å². The minimum absolute atomic E-state index is 0.101. The Morgan fingerprint density at radius 2 is 2.04 bits per heavy atom. The fourth-order valence-corrected chi connectivity index (χ4v) is 2.99. The number of primary amides is 1. The number of ether oxygens (including phenoxy) is 3. The molecule has 0 saturated heterocycles. The molecular formula is C17H19N3O6. The van der Waals surface area contributed by atoms with E-state index in [0.29, 0.717) is 22.8 Å². The number of benzene rings is 1. The van der Waals surface area contributed by atoms with Crippen LogP contribution in [-0.4, -0.2) is 35.5 Å². The van der Waals surface area contributed by atoms with E-state index in [-0.39, 0.29) is 31.8 Å². The second kappa shape index (κ2) is 7.34. The molecule has 26 heavy (non-hydrogen) atoms. The van der Waals surface area contributed by atoms with Crippen LogP contribution in [0.2, 0.25) is 0 Å². The number of nitrogens with one attached hydrogen (secondary N) is 2. The standard InChI is InChI=1S/C17H19N3O6/c1-2-24-15(22)7-11-16(17(23)20-19-11)10(6-14(18)21)9-3-4-12-13(5-9)26-8-25-12/h3-5,10H,2,6-8H2,1H3,(H2,18,21)(H2,19,20,23)/t10-/m0/s1. The third-order valence-corrected chi connectivity index (χ3v) is 4.08. The zero-order valence-corrected chi connectivity index (χ0v) is 14.2. The van der Waals surface area contributed by atoms with Crippen LogP contribution in [0.1, 0.15) is 36.1 Å². The molecule has 1 aliphatic rings. The van der Waals surface area contributed by atoms with Crippen molar-refractivity contribution in [2.24, 2.45) is 5.73 Å². The van der Waals surface area contributed by atoms with Crippen LogP contribution >= 0.6 is 0 Å². The predicted molar refractivity (Wildman–Crippen MR) is 90.0 cm³/mol. The SMILES string of the molecule is CCOC(=O)Cc1[nH][nH]c(=O)c1[C@@H](CC(N)=O)c1ccc2c(c1)OCO2. The monoisotopic (exact) mass is 361 g/mol. The van der Waals surface area contributed by atoms with Crippen molar-refractivity contribution >= 4 is 11.9 Å². The highest BCUT2D eigenvalue weighted by Crippen LogP contribution is 2.37. The first kappa shape index (κ1) is 17.6. The minimum Gasteiger partial charge on any atom is -0.466 e. The van der Waals surface area contributed by atoms with Gasteiger partial charge in [-0.3, -0.25) is 19.5 Å². The Labute approximate surface area is 148 Å². The number of fused-ring (bicyclic) bond motifs is 1. The maximum atomic E-state index is 12.4. The first-order valence-corrected chi connectivity index (χ1v) is 8.12. The van der Waals surface area contributed by atoms with Crippen molar-refractivity contribution in [3.8, 4) is 11.5 Å². The highest BCUT2D eigenvalue weighted by Gasteiger charge is 2.27. The van der Waals surface area contributed by atoms with E-state index in [4.69, 9.17) is 19.9 Å². The number of aromatic amines is 2. The maximum Gasteiger partial charge on any atom is 0.311 e. The second-order valence-electron chi connectivity index (χ2n) is 5.79. The summed E-state index contributed by atoms with van der Waals surface area (Å²) < 4.78 is 15.6. The molecule has 1 aromatic carbocycles. The number of carbonyl (C=O) groups excluding carboxylic acids is 2. The lowest BCUT2D eigenvalue weighted by atomic mass is 9.87. The molecule has 0 spiro atoms. The van der Waals surface area contributed by atoms with Crippen LogP contribution in [0, 0.1) is 0 Å². The van der Waals surface area contributed by atoms with Crippen LogP contribution in [0.4, 0.5) is 0 Å². The van der Waals surface area contributed by atoms with Crippen molar-refractivity contribution in [2.75, 3.05) is 13.4 Å². The lowest BCUT2D eigenvalue weighted by molar-refractivity contribution is -0.142. The lowest BCUT2D eigenvalue weighted by Crippen LogP contribution is -2.21. The Bertz CT molecular complexity index is 885. The van der Waals surface area contributed by atoms with Crippen LogP contribution in [0.15, 0.2) is 23.0 Å². The van der Waals surface area contributed by atoms with Gasteiger partial charge in [-0.1, -0.05) is 6.07 Å². The van der Waals surface area contributed by atoms with Gasteiger partial charge in [-0.15, -0.1) is 0 Å². The third kappa shape index (κ3) is 3.56. The lowest BCUT2D eigenvalue weighted by Gasteiger charge is -2.16. The average Bonchev–Trinajstić information content (AvgIpc) is 3.19. The Kier molecular flexibility index (Phi) is 4.97. The molecule has 9 heteroatoms. The van der Waals surface area contributed by atoms with Gasteiger partial charge in [-0.2, -0.15) is 0 Å². The van der Waals surface area contributed by atoms with Crippen molar-refractivity contribution in [3.63, 3.8) is 0 Å². The quantitative estimate of drug-likeness (QED) is 0.616. The number of amides is 1. The molecule has 0 saturated carbocycles. The molecule has 0 bridgehead atoms. The zero-order chi connectivity index (χ0) is 18.7. The van der Waals surface area contributed by atoms with E-state index in [1.165, 1.54) is 0 Å². The van der Waals surface area contributed by atoms with Crippen LogP contribution in [0.25, 0.3) is 0 Å². The zero-order valence-electron chi connectivity index (χ0n) is 14.2. The van der Waals surface area contributed by atoms with Gasteiger partial charge in [0, 0.05) is 17.9 Å². The molecular weight excluding hydrogens is 342 g/mol. The van der Waals surface area contributed by atoms with Crippen molar-refractivity contribution in [3.05, 3.63) is 45.4 Å². The van der Waals surface area contributed by atoms with E-state index in [2.05, 4.69) is 10.2 Å². The molecule has 0 aliphatic carbocycles. The normalized spacial score (nSPS) is 13.4. The summed E-state index contributed by atoms with van der Waals surface area (Å²) in [6, 6.07) is 5.15. The molecule has 1 atom stereocenters. The molecule has 9 nitrogen and oxygen atoms in total. The van der Waals surface area contributed by atoms with Gasteiger partial charge in [0.05, 0.1) is 18.7 Å². The minimum atomic E-state index is -0.638. The summed E-state index contributed by atoms with van der Waals surface area (Å²) in [4.78, 5) is 35.8. The molecule has 1 amide bonds. The summed E-state index contributed by atoms with van der Waals surface area (Å²) in [5, 5.41) is 5.16. The molecule has 2 heterocycles. The van der Waals surface area contributed by atoms with E-state index in [0.717, 1.165) is 0 Å². The van der Waals surface area contributed by atoms with E-state index in [9.17, 15) is 14.4 Å². The van der Waals surface area contributed by atoms with Gasteiger partial charge in [0.2, 0.25) is 12.7 Å². The maximum absolute atomic E-state index is 12.4. The summed E-state index contributed by atoms with van der Waals surface area (Å²) in [6.07, 6.45) is -0.224. The molecule has 1 aromatic heterocycles. The highest BCUT2D eigenvalue weighted by atomic mass is 16.7. The Hall–Kier alpha value is -3.23. The highest BCUT2D eigenvalue weighted by molar-refractivity contribution is 5.76. The molecule has 4 N–H and O–H groups in total. The van der Waals surface area contributed by atoms with Gasteiger partial charge >= 0.3 is 5.97 Å². The molecule has 2 aromatic rings. The second-order valence-corrected chi connectivity index (χ2v) is 5.79. The smallest absolute Gasteiger partial charge is 0.311 e. The number of hydrogen-bond donors (Lipinski definition) is 3. The number of carbonyl (C=O) groups is 2. The van der Waals surface area contributed by atoms with Gasteiger partial charge in [0.15, 0.2) is 11.5 Å². The summed E-state index contributed by atoms with van der Waals surface area (Å²) in [5.41, 5.74) is 6.26. The van der Waals surface area contributed by atoms with Gasteiger partial charge in [0.1, 0.15) is 0 Å².